The average molecular weight is 263 g/mol. The van der Waals surface area contributed by atoms with Gasteiger partial charge in [-0.25, -0.2) is 4.79 Å². The number of benzene rings is 1. The molecule has 0 aromatic heterocycles. The first kappa shape index (κ1) is 14.9. The molecule has 1 aromatic carbocycles. The highest BCUT2D eigenvalue weighted by Crippen LogP contribution is 2.10. The van der Waals surface area contributed by atoms with Crippen molar-refractivity contribution < 1.29 is 19.5 Å². The molecule has 5 nitrogen and oxygen atoms in total. The lowest BCUT2D eigenvalue weighted by Gasteiger charge is -2.15. The van der Waals surface area contributed by atoms with Gasteiger partial charge in [-0.1, -0.05) is 26.0 Å². The smallest absolute Gasteiger partial charge is 0.336 e. The van der Waals surface area contributed by atoms with E-state index in [9.17, 15) is 14.4 Å². The number of carbonyl (C=O) groups is 3. The summed E-state index contributed by atoms with van der Waals surface area (Å²) in [7, 11) is 0. The molecule has 0 fully saturated rings. The van der Waals surface area contributed by atoms with E-state index in [1.54, 1.807) is 12.1 Å². The molecule has 0 bridgehead atoms. The SMILES string of the molecule is CC(C)C[C@@H](C=O)NC(=O)c1ccccc1C(=O)O. The molecule has 0 aliphatic carbocycles. The summed E-state index contributed by atoms with van der Waals surface area (Å²) in [6.07, 6.45) is 1.19. The summed E-state index contributed by atoms with van der Waals surface area (Å²) in [5.74, 6) is -1.46. The predicted molar refractivity (Wildman–Crippen MR) is 70.2 cm³/mol. The Kier molecular flexibility index (Phi) is 5.23. The minimum absolute atomic E-state index is 0.0607. The lowest BCUT2D eigenvalue weighted by atomic mass is 10.0. The van der Waals surface area contributed by atoms with Crippen LogP contribution in [0.1, 0.15) is 41.0 Å². The normalized spacial score (nSPS) is 11.9. The van der Waals surface area contributed by atoms with E-state index >= 15 is 0 Å². The molecule has 5 heteroatoms. The van der Waals surface area contributed by atoms with Crippen LogP contribution in [0.4, 0.5) is 0 Å². The van der Waals surface area contributed by atoms with Crippen molar-refractivity contribution in [3.05, 3.63) is 35.4 Å². The molecule has 1 amide bonds. The summed E-state index contributed by atoms with van der Waals surface area (Å²) < 4.78 is 0. The zero-order valence-electron chi connectivity index (χ0n) is 10.9. The van der Waals surface area contributed by atoms with Gasteiger partial charge < -0.3 is 15.2 Å². The molecule has 0 spiro atoms. The summed E-state index contributed by atoms with van der Waals surface area (Å²) in [6.45, 7) is 3.88. The van der Waals surface area contributed by atoms with Gasteiger partial charge in [-0.3, -0.25) is 4.79 Å². The Morgan fingerprint density at radius 2 is 1.84 bits per heavy atom. The first-order valence-electron chi connectivity index (χ1n) is 6.04. The maximum Gasteiger partial charge on any atom is 0.336 e. The number of hydrogen-bond donors (Lipinski definition) is 2. The van der Waals surface area contributed by atoms with E-state index in [1.165, 1.54) is 12.1 Å². The van der Waals surface area contributed by atoms with Crippen LogP contribution in [0.25, 0.3) is 0 Å². The maximum atomic E-state index is 12.0. The maximum absolute atomic E-state index is 12.0. The number of nitrogens with one attached hydrogen (secondary N) is 1. The van der Waals surface area contributed by atoms with Gasteiger partial charge in [-0.2, -0.15) is 0 Å². The van der Waals surface area contributed by atoms with Crippen molar-refractivity contribution in [1.29, 1.82) is 0 Å². The summed E-state index contributed by atoms with van der Waals surface area (Å²) in [5, 5.41) is 11.5. The van der Waals surface area contributed by atoms with Crippen LogP contribution in [-0.4, -0.2) is 29.3 Å². The second-order valence-corrected chi connectivity index (χ2v) is 4.70. The van der Waals surface area contributed by atoms with Crippen LogP contribution in [0.15, 0.2) is 24.3 Å². The van der Waals surface area contributed by atoms with E-state index in [0.717, 1.165) is 0 Å². The Morgan fingerprint density at radius 1 is 1.26 bits per heavy atom. The van der Waals surface area contributed by atoms with Crippen molar-refractivity contribution in [3.63, 3.8) is 0 Å². The molecule has 1 atom stereocenters. The van der Waals surface area contributed by atoms with Gasteiger partial charge >= 0.3 is 5.97 Å². The van der Waals surface area contributed by atoms with Crippen LogP contribution in [0.2, 0.25) is 0 Å². The number of carbonyl (C=O) groups excluding carboxylic acids is 2. The molecule has 0 heterocycles. The van der Waals surface area contributed by atoms with Crippen LogP contribution in [0.5, 0.6) is 0 Å². The third-order valence-electron chi connectivity index (χ3n) is 2.61. The Labute approximate surface area is 111 Å². The fourth-order valence-electron chi connectivity index (χ4n) is 1.77. The minimum Gasteiger partial charge on any atom is -0.478 e. The Bertz CT molecular complexity index is 482. The van der Waals surface area contributed by atoms with Crippen LogP contribution in [0.3, 0.4) is 0 Å². The molecule has 0 saturated heterocycles. The van der Waals surface area contributed by atoms with E-state index in [2.05, 4.69) is 5.32 Å². The summed E-state index contributed by atoms with van der Waals surface area (Å²) in [4.78, 5) is 33.9. The fraction of sp³-hybridized carbons (Fsp3) is 0.357. The second kappa shape index (κ2) is 6.68. The number of rotatable bonds is 6. The molecular weight excluding hydrogens is 246 g/mol. The lowest BCUT2D eigenvalue weighted by Crippen LogP contribution is -2.37. The van der Waals surface area contributed by atoms with E-state index in [0.29, 0.717) is 12.7 Å². The molecule has 0 aliphatic heterocycles. The highest BCUT2D eigenvalue weighted by Gasteiger charge is 2.19. The second-order valence-electron chi connectivity index (χ2n) is 4.70. The highest BCUT2D eigenvalue weighted by molar-refractivity contribution is 6.05. The zero-order chi connectivity index (χ0) is 14.4. The van der Waals surface area contributed by atoms with Crippen molar-refractivity contribution in [3.8, 4) is 0 Å². The minimum atomic E-state index is -1.17. The van der Waals surface area contributed by atoms with Crippen LogP contribution in [-0.2, 0) is 4.79 Å². The Balaban J connectivity index is 2.89. The first-order valence-corrected chi connectivity index (χ1v) is 6.04. The summed E-state index contributed by atoms with van der Waals surface area (Å²) >= 11 is 0. The quantitative estimate of drug-likeness (QED) is 0.765. The molecule has 2 N–H and O–H groups in total. The lowest BCUT2D eigenvalue weighted by molar-refractivity contribution is -0.109. The molecular formula is C14H17NO4. The first-order chi connectivity index (χ1) is 8.95. The zero-order valence-corrected chi connectivity index (χ0v) is 10.9. The summed E-state index contributed by atoms with van der Waals surface area (Å²) in [5.41, 5.74) is -0.0141. The van der Waals surface area contributed by atoms with E-state index in [1.807, 2.05) is 13.8 Å². The van der Waals surface area contributed by atoms with Gasteiger partial charge in [0.25, 0.3) is 5.91 Å². The fourth-order valence-corrected chi connectivity index (χ4v) is 1.77. The van der Waals surface area contributed by atoms with Gasteiger partial charge in [0.05, 0.1) is 17.2 Å². The van der Waals surface area contributed by atoms with E-state index < -0.39 is 17.9 Å². The van der Waals surface area contributed by atoms with Crippen LogP contribution in [0, 0.1) is 5.92 Å². The molecule has 19 heavy (non-hydrogen) atoms. The number of carboxylic acid groups (broad SMARTS) is 1. The van der Waals surface area contributed by atoms with Gasteiger partial charge in [0.15, 0.2) is 0 Å². The monoisotopic (exact) mass is 263 g/mol. The number of amides is 1. The molecule has 0 unspecified atom stereocenters. The highest BCUT2D eigenvalue weighted by atomic mass is 16.4. The van der Waals surface area contributed by atoms with Gasteiger partial charge in [0, 0.05) is 0 Å². The number of carboxylic acids is 1. The Morgan fingerprint density at radius 3 is 2.32 bits per heavy atom. The standard InChI is InChI=1S/C14H17NO4/c1-9(2)7-10(8-16)15-13(17)11-5-3-4-6-12(11)14(18)19/h3-6,8-10H,7H2,1-2H3,(H,15,17)(H,18,19)/t10-/m0/s1. The van der Waals surface area contributed by atoms with Crippen molar-refractivity contribution in [2.45, 2.75) is 26.3 Å². The van der Waals surface area contributed by atoms with Gasteiger partial charge in [-0.05, 0) is 24.5 Å². The van der Waals surface area contributed by atoms with Crippen molar-refractivity contribution in [2.75, 3.05) is 0 Å². The van der Waals surface area contributed by atoms with Gasteiger partial charge in [0.2, 0.25) is 0 Å². The van der Waals surface area contributed by atoms with E-state index in [-0.39, 0.29) is 17.0 Å². The van der Waals surface area contributed by atoms with Gasteiger partial charge in [0.1, 0.15) is 6.29 Å². The molecule has 0 saturated carbocycles. The van der Waals surface area contributed by atoms with Gasteiger partial charge in [-0.15, -0.1) is 0 Å². The van der Waals surface area contributed by atoms with Crippen molar-refractivity contribution >= 4 is 18.2 Å². The number of aldehydes is 1. The van der Waals surface area contributed by atoms with Crippen LogP contribution < -0.4 is 5.32 Å². The third kappa shape index (κ3) is 4.21. The van der Waals surface area contributed by atoms with Crippen molar-refractivity contribution in [2.24, 2.45) is 5.92 Å². The van der Waals surface area contributed by atoms with E-state index in [4.69, 9.17) is 5.11 Å². The average Bonchev–Trinajstić information content (AvgIpc) is 2.37. The number of hydrogen-bond acceptors (Lipinski definition) is 3. The molecule has 0 aliphatic rings. The molecule has 1 aromatic rings. The summed E-state index contributed by atoms with van der Waals surface area (Å²) in [6, 6.07) is 5.31. The topological polar surface area (TPSA) is 83.5 Å². The largest absolute Gasteiger partial charge is 0.478 e. The predicted octanol–water partition coefficient (Wildman–Crippen LogP) is 1.73. The molecule has 102 valence electrons. The number of aromatic carboxylic acids is 1. The molecule has 0 radical (unpaired) electrons. The third-order valence-corrected chi connectivity index (χ3v) is 2.61. The Hall–Kier alpha value is -2.17. The van der Waals surface area contributed by atoms with Crippen LogP contribution >= 0.6 is 0 Å². The molecule has 1 rings (SSSR count). The van der Waals surface area contributed by atoms with Crippen molar-refractivity contribution in [1.82, 2.24) is 5.32 Å².